The van der Waals surface area contributed by atoms with Crippen LogP contribution < -0.4 is 5.56 Å². The molecule has 1 saturated heterocycles. The van der Waals surface area contributed by atoms with Crippen molar-refractivity contribution in [2.24, 2.45) is 7.05 Å². The quantitative estimate of drug-likeness (QED) is 0.588. The lowest BCUT2D eigenvalue weighted by molar-refractivity contribution is -0.101. The van der Waals surface area contributed by atoms with Crippen LogP contribution >= 0.6 is 0 Å². The van der Waals surface area contributed by atoms with Crippen molar-refractivity contribution >= 4 is 6.09 Å². The number of cyclic esters (lactones) is 1. The topological polar surface area (TPSA) is 84.7 Å². The molecule has 1 aliphatic heterocycles. The summed E-state index contributed by atoms with van der Waals surface area (Å²) in [7, 11) is 1.62. The van der Waals surface area contributed by atoms with Gasteiger partial charge in [0.25, 0.3) is 5.56 Å². The van der Waals surface area contributed by atoms with Gasteiger partial charge in [0.05, 0.1) is 17.3 Å². The monoisotopic (exact) mass is 461 g/mol. The van der Waals surface area contributed by atoms with Crippen molar-refractivity contribution in [1.29, 1.82) is 0 Å². The number of ether oxygens (including phenoxy) is 1. The van der Waals surface area contributed by atoms with Crippen LogP contribution in [0.1, 0.15) is 50.8 Å². The minimum absolute atomic E-state index is 0.159. The van der Waals surface area contributed by atoms with E-state index in [4.69, 9.17) is 4.74 Å². The van der Waals surface area contributed by atoms with Gasteiger partial charge in [0.1, 0.15) is 5.60 Å². The molecule has 0 radical (unpaired) electrons. The van der Waals surface area contributed by atoms with Gasteiger partial charge < -0.3 is 14.7 Å². The predicted molar refractivity (Wildman–Crippen MR) is 130 cm³/mol. The summed E-state index contributed by atoms with van der Waals surface area (Å²) in [4.78, 5) is 26.6. The molecule has 0 bridgehead atoms. The molecule has 2 aromatic carbocycles. The molecule has 4 rings (SSSR count). The number of nitrogens with zero attached hydrogens (tertiary/aromatic N) is 3. The molecular weight excluding hydrogens is 430 g/mol. The number of aromatic nitrogens is 2. The molecule has 1 aliphatic rings. The fraction of sp³-hybridized carbons (Fsp3) is 0.370. The molecular formula is C27H31N3O4. The van der Waals surface area contributed by atoms with Crippen molar-refractivity contribution in [1.82, 2.24) is 14.7 Å². The second-order valence-electron chi connectivity index (χ2n) is 9.64. The average Bonchev–Trinajstić information content (AvgIpc) is 2.80. The van der Waals surface area contributed by atoms with Crippen LogP contribution in [0.5, 0.6) is 0 Å². The highest BCUT2D eigenvalue weighted by Gasteiger charge is 2.46. The van der Waals surface area contributed by atoms with Gasteiger partial charge in [0.2, 0.25) is 0 Å². The second-order valence-corrected chi connectivity index (χ2v) is 9.64. The Hall–Kier alpha value is -3.45. The Kier molecular flexibility index (Phi) is 6.32. The third-order valence-electron chi connectivity index (χ3n) is 6.41. The Balaban J connectivity index is 1.54. The Morgan fingerprint density at radius 1 is 1.06 bits per heavy atom. The van der Waals surface area contributed by atoms with E-state index >= 15 is 0 Å². The number of carbonyl (C=O) groups excluding carboxylic acids is 1. The van der Waals surface area contributed by atoms with Crippen LogP contribution in [0.2, 0.25) is 0 Å². The average molecular weight is 462 g/mol. The Labute approximate surface area is 199 Å². The minimum Gasteiger partial charge on any atom is -0.438 e. The lowest BCUT2D eigenvalue weighted by Gasteiger charge is -2.45. The number of rotatable bonds is 6. The number of aryl methyl sites for hydroxylation is 1. The van der Waals surface area contributed by atoms with E-state index in [9.17, 15) is 14.7 Å². The molecule has 3 aromatic rings. The van der Waals surface area contributed by atoms with Crippen LogP contribution in [0, 0.1) is 0 Å². The van der Waals surface area contributed by atoms with Crippen molar-refractivity contribution in [3.8, 4) is 11.3 Å². The van der Waals surface area contributed by atoms with E-state index in [1.54, 1.807) is 31.9 Å². The van der Waals surface area contributed by atoms with Crippen LogP contribution in [-0.4, -0.2) is 38.0 Å². The van der Waals surface area contributed by atoms with Gasteiger partial charge in [-0.05, 0) is 38.0 Å². The molecule has 178 valence electrons. The van der Waals surface area contributed by atoms with Gasteiger partial charge in [-0.15, -0.1) is 0 Å². The Bertz CT molecular complexity index is 1220. The first-order valence-electron chi connectivity index (χ1n) is 11.5. The van der Waals surface area contributed by atoms with E-state index in [-0.39, 0.29) is 11.6 Å². The number of carbonyl (C=O) groups is 1. The van der Waals surface area contributed by atoms with Crippen molar-refractivity contribution < 1.29 is 14.6 Å². The summed E-state index contributed by atoms with van der Waals surface area (Å²) in [6.07, 6.45) is 0.506. The molecule has 0 spiro atoms. The van der Waals surface area contributed by atoms with E-state index in [2.05, 4.69) is 5.10 Å². The normalized spacial score (nSPS) is 19.6. The van der Waals surface area contributed by atoms with Gasteiger partial charge in [0, 0.05) is 38.1 Å². The van der Waals surface area contributed by atoms with Crippen molar-refractivity contribution in [3.05, 3.63) is 88.2 Å². The van der Waals surface area contributed by atoms with E-state index < -0.39 is 17.3 Å². The van der Waals surface area contributed by atoms with Gasteiger partial charge >= 0.3 is 6.09 Å². The van der Waals surface area contributed by atoms with E-state index in [1.807, 2.05) is 61.5 Å². The third-order valence-corrected chi connectivity index (χ3v) is 6.41. The van der Waals surface area contributed by atoms with E-state index in [0.717, 1.165) is 16.7 Å². The van der Waals surface area contributed by atoms with Crippen LogP contribution in [0.3, 0.4) is 0 Å². The summed E-state index contributed by atoms with van der Waals surface area (Å²) in [5.74, 6) is 0. The molecule has 1 fully saturated rings. The maximum Gasteiger partial charge on any atom is 0.411 e. The molecule has 1 unspecified atom stereocenters. The van der Waals surface area contributed by atoms with E-state index in [1.165, 1.54) is 10.7 Å². The van der Waals surface area contributed by atoms with Crippen molar-refractivity contribution in [2.45, 2.75) is 50.9 Å². The molecule has 2 heterocycles. The lowest BCUT2D eigenvalue weighted by atomic mass is 9.80. The zero-order chi connectivity index (χ0) is 24.5. The molecule has 2 atom stereocenters. The maximum absolute atomic E-state index is 13.2. The summed E-state index contributed by atoms with van der Waals surface area (Å²) in [6, 6.07) is 20.5. The Morgan fingerprint density at radius 2 is 1.74 bits per heavy atom. The lowest BCUT2D eigenvalue weighted by Crippen LogP contribution is -2.51. The van der Waals surface area contributed by atoms with Crippen molar-refractivity contribution in [2.75, 3.05) is 6.54 Å². The van der Waals surface area contributed by atoms with Gasteiger partial charge in [-0.2, -0.15) is 5.10 Å². The van der Waals surface area contributed by atoms with Gasteiger partial charge in [-0.25, -0.2) is 9.48 Å². The fourth-order valence-corrected chi connectivity index (χ4v) is 4.66. The first kappa shape index (κ1) is 23.7. The third kappa shape index (κ3) is 4.89. The number of aliphatic hydroxyl groups is 1. The maximum atomic E-state index is 13.2. The first-order chi connectivity index (χ1) is 16.1. The second kappa shape index (κ2) is 9.06. The highest BCUT2D eigenvalue weighted by Crippen LogP contribution is 2.42. The molecule has 0 saturated carbocycles. The highest BCUT2D eigenvalue weighted by molar-refractivity contribution is 5.70. The number of amides is 1. The number of hydrogen-bond donors (Lipinski definition) is 1. The molecule has 7 nitrogen and oxygen atoms in total. The van der Waals surface area contributed by atoms with Crippen LogP contribution in [0.15, 0.2) is 71.5 Å². The zero-order valence-electron chi connectivity index (χ0n) is 20.1. The van der Waals surface area contributed by atoms with Gasteiger partial charge in [-0.1, -0.05) is 54.6 Å². The smallest absolute Gasteiger partial charge is 0.411 e. The largest absolute Gasteiger partial charge is 0.438 e. The summed E-state index contributed by atoms with van der Waals surface area (Å²) < 4.78 is 7.40. The molecule has 1 N–H and O–H groups in total. The van der Waals surface area contributed by atoms with E-state index in [0.29, 0.717) is 25.1 Å². The molecule has 1 amide bonds. The Morgan fingerprint density at radius 3 is 2.32 bits per heavy atom. The minimum atomic E-state index is -0.991. The molecule has 7 heteroatoms. The van der Waals surface area contributed by atoms with Gasteiger partial charge in [-0.3, -0.25) is 4.79 Å². The zero-order valence-corrected chi connectivity index (χ0v) is 20.1. The predicted octanol–water partition coefficient (Wildman–Crippen LogP) is 4.41. The summed E-state index contributed by atoms with van der Waals surface area (Å²) in [5.41, 5.74) is 1.44. The summed E-state index contributed by atoms with van der Waals surface area (Å²) >= 11 is 0. The first-order valence-corrected chi connectivity index (χ1v) is 11.5. The van der Waals surface area contributed by atoms with Crippen LogP contribution in [0.25, 0.3) is 11.3 Å². The molecule has 1 aromatic heterocycles. The standard InChI is InChI=1S/C27H31N3O4/c1-19(20-10-12-21(13-11-20)23-14-15-24(31)29(4)28-23)30-17-16-27(34-25(30)32,18-26(2,3)33)22-8-6-5-7-9-22/h5-15,19,33H,16-18H2,1-4H3/t19-,27?/m0/s1. The van der Waals surface area contributed by atoms with Crippen LogP contribution in [0.4, 0.5) is 4.79 Å². The number of hydrogen-bond acceptors (Lipinski definition) is 5. The molecule has 34 heavy (non-hydrogen) atoms. The summed E-state index contributed by atoms with van der Waals surface area (Å²) in [5, 5.41) is 14.9. The SMILES string of the molecule is C[C@@H](c1ccc(-c2ccc(=O)n(C)n2)cc1)N1CCC(CC(C)(C)O)(c2ccccc2)OC1=O. The fourth-order valence-electron chi connectivity index (χ4n) is 4.66. The molecule has 0 aliphatic carbocycles. The highest BCUT2D eigenvalue weighted by atomic mass is 16.6. The van der Waals surface area contributed by atoms with Crippen molar-refractivity contribution in [3.63, 3.8) is 0 Å². The summed E-state index contributed by atoms with van der Waals surface area (Å²) in [6.45, 7) is 5.96. The van der Waals surface area contributed by atoms with Crippen LogP contribution in [-0.2, 0) is 17.4 Å². The number of benzene rings is 2. The van der Waals surface area contributed by atoms with Gasteiger partial charge in [0.15, 0.2) is 0 Å².